The van der Waals surface area contributed by atoms with Gasteiger partial charge in [0.2, 0.25) is 5.91 Å². The van der Waals surface area contributed by atoms with Crippen molar-refractivity contribution in [1.29, 1.82) is 5.26 Å². The first-order valence-corrected chi connectivity index (χ1v) is 8.44. The molecule has 0 aromatic heterocycles. The third kappa shape index (κ3) is 3.32. The number of nitrogens with zero attached hydrogens (tertiary/aromatic N) is 1. The number of ether oxygens (including phenoxy) is 1. The van der Waals surface area contributed by atoms with Gasteiger partial charge in [0.1, 0.15) is 5.92 Å². The fraction of sp³-hybridized carbons (Fsp3) is 0.267. The lowest BCUT2D eigenvalue weighted by Gasteiger charge is -2.31. The summed E-state index contributed by atoms with van der Waals surface area (Å²) in [5.41, 5.74) is 0.737. The highest BCUT2D eigenvalue weighted by molar-refractivity contribution is 8.02. The fourth-order valence-corrected chi connectivity index (χ4v) is 3.58. The molecule has 0 saturated carbocycles. The number of nitrogens with one attached hydrogen (secondary N) is 1. The van der Waals surface area contributed by atoms with Crippen molar-refractivity contribution in [2.45, 2.75) is 5.92 Å². The zero-order valence-corrected chi connectivity index (χ0v) is 14.6. The molecular formula is C15H12Cl2N2O3S. The van der Waals surface area contributed by atoms with E-state index in [0.717, 1.165) is 0 Å². The molecule has 120 valence electrons. The van der Waals surface area contributed by atoms with E-state index in [1.807, 2.05) is 0 Å². The molecule has 8 heteroatoms. The lowest BCUT2D eigenvalue weighted by atomic mass is 9.78. The predicted octanol–water partition coefficient (Wildman–Crippen LogP) is 3.09. The molecule has 23 heavy (non-hydrogen) atoms. The summed E-state index contributed by atoms with van der Waals surface area (Å²) in [6, 6.07) is 6.78. The van der Waals surface area contributed by atoms with Gasteiger partial charge in [-0.3, -0.25) is 9.59 Å². The quantitative estimate of drug-likeness (QED) is 0.653. The summed E-state index contributed by atoms with van der Waals surface area (Å²) in [6.07, 6.45) is 1.73. The van der Waals surface area contributed by atoms with Crippen LogP contribution in [-0.2, 0) is 14.3 Å². The Kier molecular flexibility index (Phi) is 5.58. The van der Waals surface area contributed by atoms with Gasteiger partial charge in [-0.25, -0.2) is 0 Å². The van der Waals surface area contributed by atoms with E-state index in [1.165, 1.54) is 24.9 Å². The molecule has 0 fully saturated rings. The van der Waals surface area contributed by atoms with Crippen molar-refractivity contribution in [3.8, 4) is 6.07 Å². The highest BCUT2D eigenvalue weighted by atomic mass is 35.5. The van der Waals surface area contributed by atoms with Crippen LogP contribution in [0.4, 0.5) is 0 Å². The molecule has 2 rings (SSSR count). The van der Waals surface area contributed by atoms with Crippen LogP contribution in [0.1, 0.15) is 11.5 Å². The Morgan fingerprint density at radius 3 is 2.65 bits per heavy atom. The van der Waals surface area contributed by atoms with Gasteiger partial charge in [0.15, 0.2) is 0 Å². The number of thioether (sulfide) groups is 1. The monoisotopic (exact) mass is 370 g/mol. The summed E-state index contributed by atoms with van der Waals surface area (Å²) in [4.78, 5) is 24.5. The van der Waals surface area contributed by atoms with Crippen LogP contribution in [0.15, 0.2) is 28.8 Å². The molecule has 0 unspecified atom stereocenters. The van der Waals surface area contributed by atoms with Crippen LogP contribution in [0.5, 0.6) is 0 Å². The number of amides is 1. The number of halogens is 2. The summed E-state index contributed by atoms with van der Waals surface area (Å²) < 4.78 is 4.73. The third-order valence-corrected chi connectivity index (χ3v) is 4.78. The van der Waals surface area contributed by atoms with Gasteiger partial charge in [0, 0.05) is 16.0 Å². The molecule has 0 radical (unpaired) electrons. The third-order valence-electron chi connectivity index (χ3n) is 3.49. The molecule has 1 N–H and O–H groups in total. The first-order valence-electron chi connectivity index (χ1n) is 6.46. The molecule has 0 spiro atoms. The summed E-state index contributed by atoms with van der Waals surface area (Å²) in [6.45, 7) is 0. The highest BCUT2D eigenvalue weighted by Gasteiger charge is 2.44. The molecule has 0 bridgehead atoms. The van der Waals surface area contributed by atoms with Crippen molar-refractivity contribution < 1.29 is 14.3 Å². The lowest BCUT2D eigenvalue weighted by molar-refractivity contribution is -0.150. The number of hydrogen-bond acceptors (Lipinski definition) is 5. The van der Waals surface area contributed by atoms with E-state index in [-0.39, 0.29) is 10.6 Å². The number of rotatable bonds is 3. The Hall–Kier alpha value is -1.68. The molecule has 1 amide bonds. The van der Waals surface area contributed by atoms with Gasteiger partial charge in [-0.15, -0.1) is 11.8 Å². The minimum Gasteiger partial charge on any atom is -0.468 e. The summed E-state index contributed by atoms with van der Waals surface area (Å²) >= 11 is 13.3. The number of hydrogen-bond donors (Lipinski definition) is 1. The van der Waals surface area contributed by atoms with Crippen LogP contribution in [-0.4, -0.2) is 25.2 Å². The van der Waals surface area contributed by atoms with Gasteiger partial charge in [-0.2, -0.15) is 5.26 Å². The second-order valence-corrected chi connectivity index (χ2v) is 6.35. The summed E-state index contributed by atoms with van der Waals surface area (Å²) in [5, 5.41) is 13.2. The zero-order chi connectivity index (χ0) is 17.1. The smallest absolute Gasteiger partial charge is 0.319 e. The standard InChI is InChI=1S/C15H12Cl2N2O3S/c1-22-15(21)12-11(8-4-3-7(16)5-10(8)17)9(6-18)14(23-2)19-13(12)20/h3-5,11-12H,1-2H3,(H,19,20)/t11-,12-/m0/s1. The normalized spacial score (nSPS) is 20.7. The van der Waals surface area contributed by atoms with Gasteiger partial charge in [-0.05, 0) is 24.0 Å². The molecule has 2 atom stereocenters. The molecule has 1 aromatic rings. The molecule has 5 nitrogen and oxygen atoms in total. The first kappa shape index (κ1) is 17.7. The lowest BCUT2D eigenvalue weighted by Crippen LogP contribution is -2.44. The van der Waals surface area contributed by atoms with E-state index in [4.69, 9.17) is 27.9 Å². The van der Waals surface area contributed by atoms with Crippen molar-refractivity contribution in [1.82, 2.24) is 5.32 Å². The highest BCUT2D eigenvalue weighted by Crippen LogP contribution is 2.42. The Balaban J connectivity index is 2.70. The fourth-order valence-electron chi connectivity index (χ4n) is 2.46. The predicted molar refractivity (Wildman–Crippen MR) is 89.0 cm³/mol. The second kappa shape index (κ2) is 7.26. The number of carbonyl (C=O) groups excluding carboxylic acids is 2. The molecular weight excluding hydrogens is 359 g/mol. The van der Waals surface area contributed by atoms with Crippen molar-refractivity contribution in [2.75, 3.05) is 13.4 Å². The van der Waals surface area contributed by atoms with E-state index in [9.17, 15) is 14.9 Å². The maximum atomic E-state index is 12.3. The SMILES string of the molecule is COC(=O)[C@@H]1C(=O)NC(SC)=C(C#N)[C@@H]1c1ccc(Cl)cc1Cl. The molecule has 1 aliphatic heterocycles. The summed E-state index contributed by atoms with van der Waals surface area (Å²) in [7, 11) is 1.19. The topological polar surface area (TPSA) is 79.2 Å². The molecule has 0 saturated heterocycles. The molecule has 1 heterocycles. The minimum atomic E-state index is -1.19. The van der Waals surface area contributed by atoms with Crippen LogP contribution in [0, 0.1) is 17.2 Å². The van der Waals surface area contributed by atoms with Gasteiger partial charge in [0.05, 0.1) is 23.8 Å². The van der Waals surface area contributed by atoms with Crippen LogP contribution in [0.25, 0.3) is 0 Å². The molecule has 0 aliphatic carbocycles. The molecule has 1 aromatic carbocycles. The minimum absolute atomic E-state index is 0.261. The average Bonchev–Trinajstić information content (AvgIpc) is 2.53. The Morgan fingerprint density at radius 2 is 2.13 bits per heavy atom. The van der Waals surface area contributed by atoms with Gasteiger partial charge < -0.3 is 10.1 Å². The number of esters is 1. The largest absolute Gasteiger partial charge is 0.468 e. The van der Waals surface area contributed by atoms with Crippen molar-refractivity contribution in [3.63, 3.8) is 0 Å². The Bertz CT molecular complexity index is 743. The van der Waals surface area contributed by atoms with Crippen LogP contribution >= 0.6 is 35.0 Å². The van der Waals surface area contributed by atoms with Crippen LogP contribution in [0.3, 0.4) is 0 Å². The van der Waals surface area contributed by atoms with E-state index < -0.39 is 23.7 Å². The summed E-state index contributed by atoms with van der Waals surface area (Å²) in [5.74, 6) is -3.28. The molecule has 1 aliphatic rings. The second-order valence-electron chi connectivity index (χ2n) is 4.69. The maximum Gasteiger partial charge on any atom is 0.319 e. The number of benzene rings is 1. The van der Waals surface area contributed by atoms with Crippen LogP contribution < -0.4 is 5.32 Å². The van der Waals surface area contributed by atoms with Crippen molar-refractivity contribution in [2.24, 2.45) is 5.92 Å². The van der Waals surface area contributed by atoms with Crippen molar-refractivity contribution >= 4 is 46.8 Å². The average molecular weight is 371 g/mol. The maximum absolute atomic E-state index is 12.3. The number of nitriles is 1. The number of carbonyl (C=O) groups is 2. The Labute approximate surface area is 147 Å². The van der Waals surface area contributed by atoms with E-state index in [1.54, 1.807) is 18.4 Å². The van der Waals surface area contributed by atoms with E-state index in [0.29, 0.717) is 15.6 Å². The Morgan fingerprint density at radius 1 is 1.43 bits per heavy atom. The van der Waals surface area contributed by atoms with Gasteiger partial charge >= 0.3 is 5.97 Å². The zero-order valence-electron chi connectivity index (χ0n) is 12.2. The van der Waals surface area contributed by atoms with Crippen molar-refractivity contribution in [3.05, 3.63) is 44.4 Å². The van der Waals surface area contributed by atoms with Gasteiger partial charge in [-0.1, -0.05) is 29.3 Å². The van der Waals surface area contributed by atoms with Gasteiger partial charge in [0.25, 0.3) is 0 Å². The van der Waals surface area contributed by atoms with Crippen LogP contribution in [0.2, 0.25) is 10.0 Å². The van der Waals surface area contributed by atoms with E-state index >= 15 is 0 Å². The van der Waals surface area contributed by atoms with E-state index in [2.05, 4.69) is 11.4 Å². The number of allylic oxidation sites excluding steroid dienone is 1. The first-order chi connectivity index (χ1) is 10.9. The number of methoxy groups -OCH3 is 1.